The van der Waals surface area contributed by atoms with Gasteiger partial charge in [-0.1, -0.05) is 23.8 Å². The molecule has 0 bridgehead atoms. The molecule has 0 saturated carbocycles. The van der Waals surface area contributed by atoms with Crippen molar-refractivity contribution in [3.63, 3.8) is 0 Å². The molecule has 0 spiro atoms. The third kappa shape index (κ3) is 5.69. The first-order valence-electron chi connectivity index (χ1n) is 4.64. The number of aromatic nitrogens is 1. The number of nitrogens with zero attached hydrogens (tertiary/aromatic N) is 1. The van der Waals surface area contributed by atoms with E-state index in [0.29, 0.717) is 11.7 Å². The summed E-state index contributed by atoms with van der Waals surface area (Å²) < 4.78 is 0. The first kappa shape index (κ1) is 12.4. The molecule has 0 fully saturated rings. The summed E-state index contributed by atoms with van der Waals surface area (Å²) in [5.74, 6) is -0.731. The van der Waals surface area contributed by atoms with Gasteiger partial charge in [-0.15, -0.1) is 0 Å². The van der Waals surface area contributed by atoms with E-state index in [1.807, 2.05) is 25.1 Å². The van der Waals surface area contributed by atoms with E-state index in [-0.39, 0.29) is 6.42 Å². The van der Waals surface area contributed by atoms with Gasteiger partial charge in [-0.05, 0) is 29.3 Å². The van der Waals surface area contributed by atoms with Gasteiger partial charge in [0, 0.05) is 17.9 Å². The molecule has 0 aliphatic heterocycles. The van der Waals surface area contributed by atoms with Crippen LogP contribution >= 0.6 is 21.6 Å². The lowest BCUT2D eigenvalue weighted by Gasteiger charge is -2.07. The van der Waals surface area contributed by atoms with Crippen molar-refractivity contribution in [1.82, 2.24) is 4.98 Å². The van der Waals surface area contributed by atoms with Gasteiger partial charge >= 0.3 is 5.97 Å². The molecule has 15 heavy (non-hydrogen) atoms. The van der Waals surface area contributed by atoms with Crippen molar-refractivity contribution in [2.24, 2.45) is 0 Å². The van der Waals surface area contributed by atoms with Gasteiger partial charge in [-0.25, -0.2) is 4.98 Å². The fourth-order valence-electron chi connectivity index (χ4n) is 0.903. The molecule has 0 saturated heterocycles. The largest absolute Gasteiger partial charge is 0.481 e. The minimum absolute atomic E-state index is 0.233. The number of rotatable bonds is 6. The molecule has 1 heterocycles. The minimum atomic E-state index is -0.731. The minimum Gasteiger partial charge on any atom is -0.481 e. The number of carboxylic acids is 1. The number of aliphatic carboxylic acids is 1. The Kier molecular flexibility index (Phi) is 5.57. The molecule has 5 heteroatoms. The van der Waals surface area contributed by atoms with Crippen molar-refractivity contribution in [2.75, 3.05) is 0 Å². The van der Waals surface area contributed by atoms with Crippen LogP contribution in [-0.4, -0.2) is 21.3 Å². The average Bonchev–Trinajstić information content (AvgIpc) is 2.25. The summed E-state index contributed by atoms with van der Waals surface area (Å²) in [6.07, 6.45) is 2.68. The van der Waals surface area contributed by atoms with E-state index in [4.69, 9.17) is 5.11 Å². The van der Waals surface area contributed by atoms with E-state index in [2.05, 4.69) is 4.98 Å². The van der Waals surface area contributed by atoms with E-state index < -0.39 is 5.97 Å². The third-order valence-corrected chi connectivity index (χ3v) is 4.56. The summed E-state index contributed by atoms with van der Waals surface area (Å²) in [6.45, 7) is 2.03. The summed E-state index contributed by atoms with van der Waals surface area (Å²) in [5, 5.41) is 9.81. The SMILES string of the molecule is CC(CCC(=O)O)SSc1ccccn1. The first-order valence-corrected chi connectivity index (χ1v) is 6.86. The van der Waals surface area contributed by atoms with E-state index in [1.165, 1.54) is 0 Å². The Hall–Kier alpha value is -0.680. The van der Waals surface area contributed by atoms with Gasteiger partial charge in [0.05, 0.1) is 0 Å². The fourth-order valence-corrected chi connectivity index (χ4v) is 2.99. The summed E-state index contributed by atoms with van der Waals surface area (Å²) in [4.78, 5) is 14.5. The van der Waals surface area contributed by atoms with Crippen molar-refractivity contribution < 1.29 is 9.90 Å². The molecular weight excluding hydrogens is 230 g/mol. The second-order valence-electron chi connectivity index (χ2n) is 3.09. The van der Waals surface area contributed by atoms with Crippen LogP contribution < -0.4 is 0 Å². The molecule has 1 aromatic heterocycles. The molecule has 0 aliphatic carbocycles. The van der Waals surface area contributed by atoms with E-state index in [9.17, 15) is 4.79 Å². The summed E-state index contributed by atoms with van der Waals surface area (Å²) >= 11 is 0. The molecule has 3 nitrogen and oxygen atoms in total. The highest BCUT2D eigenvalue weighted by atomic mass is 33.1. The monoisotopic (exact) mass is 243 g/mol. The van der Waals surface area contributed by atoms with Crippen molar-refractivity contribution in [3.05, 3.63) is 24.4 Å². The molecule has 0 aromatic carbocycles. The van der Waals surface area contributed by atoms with Crippen LogP contribution in [0.3, 0.4) is 0 Å². The molecule has 1 N–H and O–H groups in total. The Morgan fingerprint density at radius 1 is 1.60 bits per heavy atom. The Labute approximate surface area is 97.1 Å². The van der Waals surface area contributed by atoms with E-state index in [0.717, 1.165) is 5.03 Å². The topological polar surface area (TPSA) is 50.2 Å². The van der Waals surface area contributed by atoms with Crippen LogP contribution in [0.5, 0.6) is 0 Å². The molecule has 1 rings (SSSR count). The van der Waals surface area contributed by atoms with Gasteiger partial charge in [0.15, 0.2) is 0 Å². The number of pyridine rings is 1. The molecule has 1 atom stereocenters. The smallest absolute Gasteiger partial charge is 0.303 e. The van der Waals surface area contributed by atoms with Gasteiger partial charge < -0.3 is 5.11 Å². The summed E-state index contributed by atoms with van der Waals surface area (Å²) in [7, 11) is 3.26. The van der Waals surface area contributed by atoms with Crippen LogP contribution in [0.25, 0.3) is 0 Å². The van der Waals surface area contributed by atoms with E-state index >= 15 is 0 Å². The van der Waals surface area contributed by atoms with Crippen LogP contribution in [0.15, 0.2) is 29.4 Å². The van der Waals surface area contributed by atoms with Gasteiger partial charge in [-0.2, -0.15) is 0 Å². The Morgan fingerprint density at radius 2 is 2.40 bits per heavy atom. The Balaban J connectivity index is 2.22. The van der Waals surface area contributed by atoms with Crippen LogP contribution in [0.2, 0.25) is 0 Å². The number of hydrogen-bond donors (Lipinski definition) is 1. The maximum absolute atomic E-state index is 10.3. The van der Waals surface area contributed by atoms with E-state index in [1.54, 1.807) is 27.8 Å². The lowest BCUT2D eigenvalue weighted by Crippen LogP contribution is -2.00. The van der Waals surface area contributed by atoms with Crippen molar-refractivity contribution in [2.45, 2.75) is 30.0 Å². The molecule has 0 aliphatic rings. The first-order chi connectivity index (χ1) is 7.18. The zero-order valence-corrected chi connectivity index (χ0v) is 10.1. The predicted molar refractivity (Wildman–Crippen MR) is 64.0 cm³/mol. The van der Waals surface area contributed by atoms with Crippen LogP contribution in [0.1, 0.15) is 19.8 Å². The molecular formula is C10H13NO2S2. The standard InChI is InChI=1S/C10H13NO2S2/c1-8(5-6-10(12)13)14-15-9-4-2-3-7-11-9/h2-4,7-8H,5-6H2,1H3,(H,12,13). The maximum Gasteiger partial charge on any atom is 0.303 e. The molecule has 0 radical (unpaired) electrons. The number of carbonyl (C=O) groups is 1. The lowest BCUT2D eigenvalue weighted by atomic mass is 10.2. The predicted octanol–water partition coefficient (Wildman–Crippen LogP) is 3.08. The second kappa shape index (κ2) is 6.74. The highest BCUT2D eigenvalue weighted by Crippen LogP contribution is 2.34. The van der Waals surface area contributed by atoms with Crippen molar-refractivity contribution in [1.29, 1.82) is 0 Å². The van der Waals surface area contributed by atoms with Crippen molar-refractivity contribution in [3.8, 4) is 0 Å². The Bertz CT molecular complexity index is 306. The highest BCUT2D eigenvalue weighted by molar-refractivity contribution is 8.76. The Morgan fingerprint density at radius 3 is 3.00 bits per heavy atom. The quantitative estimate of drug-likeness (QED) is 0.778. The molecule has 1 unspecified atom stereocenters. The fraction of sp³-hybridized carbons (Fsp3) is 0.400. The summed E-state index contributed by atoms with van der Waals surface area (Å²) in [5.41, 5.74) is 0. The average molecular weight is 243 g/mol. The number of hydrogen-bond acceptors (Lipinski definition) is 4. The third-order valence-electron chi connectivity index (χ3n) is 1.70. The lowest BCUT2D eigenvalue weighted by molar-refractivity contribution is -0.137. The van der Waals surface area contributed by atoms with Crippen molar-refractivity contribution >= 4 is 27.6 Å². The van der Waals surface area contributed by atoms with Crippen LogP contribution in [0, 0.1) is 0 Å². The van der Waals surface area contributed by atoms with Gasteiger partial charge in [-0.3, -0.25) is 4.79 Å². The van der Waals surface area contributed by atoms with Gasteiger partial charge in [0.2, 0.25) is 0 Å². The summed E-state index contributed by atoms with van der Waals surface area (Å²) in [6, 6.07) is 5.77. The molecule has 82 valence electrons. The van der Waals surface area contributed by atoms with Gasteiger partial charge in [0.1, 0.15) is 5.03 Å². The van der Waals surface area contributed by atoms with Crippen LogP contribution in [0.4, 0.5) is 0 Å². The van der Waals surface area contributed by atoms with Crippen LogP contribution in [-0.2, 0) is 4.79 Å². The normalized spacial score (nSPS) is 12.3. The van der Waals surface area contributed by atoms with Gasteiger partial charge in [0.25, 0.3) is 0 Å². The maximum atomic E-state index is 10.3. The molecule has 0 amide bonds. The zero-order chi connectivity index (χ0) is 11.1. The molecule has 1 aromatic rings. The zero-order valence-electron chi connectivity index (χ0n) is 8.42. The highest BCUT2D eigenvalue weighted by Gasteiger charge is 2.07. The number of carboxylic acid groups (broad SMARTS) is 1. The second-order valence-corrected chi connectivity index (χ2v) is 5.75.